The summed E-state index contributed by atoms with van der Waals surface area (Å²) in [5.41, 5.74) is 5.72. The van der Waals surface area contributed by atoms with Gasteiger partial charge in [0.2, 0.25) is 5.91 Å². The summed E-state index contributed by atoms with van der Waals surface area (Å²) < 4.78 is 5.18. The summed E-state index contributed by atoms with van der Waals surface area (Å²) in [6, 6.07) is 3.01. The molecule has 0 aliphatic carbocycles. The fourth-order valence-electron chi connectivity index (χ4n) is 1.22. The Morgan fingerprint density at radius 1 is 1.47 bits per heavy atom. The Bertz CT molecular complexity index is 306. The Morgan fingerprint density at radius 3 is 2.60 bits per heavy atom. The molecule has 0 saturated heterocycles. The van der Waals surface area contributed by atoms with Crippen molar-refractivity contribution < 1.29 is 9.21 Å². The van der Waals surface area contributed by atoms with Gasteiger partial charge in [-0.2, -0.15) is 0 Å². The number of furan rings is 1. The van der Waals surface area contributed by atoms with Crippen LogP contribution in [0.2, 0.25) is 0 Å². The molecule has 84 valence electrons. The largest absolute Gasteiger partial charge is 0.467 e. The summed E-state index contributed by atoms with van der Waals surface area (Å²) >= 11 is 0. The highest BCUT2D eigenvalue weighted by atomic mass is 16.3. The second-order valence-electron chi connectivity index (χ2n) is 4.02. The first-order valence-electron chi connectivity index (χ1n) is 5.11. The minimum Gasteiger partial charge on any atom is -0.467 e. The monoisotopic (exact) mass is 210 g/mol. The van der Waals surface area contributed by atoms with Crippen molar-refractivity contribution in [3.05, 3.63) is 24.2 Å². The van der Waals surface area contributed by atoms with E-state index in [1.54, 1.807) is 12.3 Å². The Labute approximate surface area is 89.8 Å². The summed E-state index contributed by atoms with van der Waals surface area (Å²) in [5.74, 6) is 0.724. The average molecular weight is 210 g/mol. The van der Waals surface area contributed by atoms with E-state index < -0.39 is 6.04 Å². The number of nitrogens with one attached hydrogen (secondary N) is 1. The van der Waals surface area contributed by atoms with Crippen LogP contribution in [0.4, 0.5) is 0 Å². The molecule has 1 aromatic heterocycles. The minimum atomic E-state index is -0.470. The molecular formula is C11H18N2O2. The Balaban J connectivity index is 2.52. The fraction of sp³-hybridized carbons (Fsp3) is 0.545. The molecule has 0 aromatic carbocycles. The smallest absolute Gasteiger partial charge is 0.237 e. The van der Waals surface area contributed by atoms with Gasteiger partial charge in [-0.05, 0) is 25.0 Å². The van der Waals surface area contributed by atoms with Crippen molar-refractivity contribution in [1.82, 2.24) is 5.32 Å². The molecule has 0 fully saturated rings. The molecule has 0 spiro atoms. The summed E-state index contributed by atoms with van der Waals surface area (Å²) in [6.45, 7) is 5.70. The normalized spacial score (nSPS) is 15.0. The van der Waals surface area contributed by atoms with Crippen LogP contribution >= 0.6 is 0 Å². The average Bonchev–Trinajstić information content (AvgIpc) is 2.68. The van der Waals surface area contributed by atoms with Crippen LogP contribution in [0.25, 0.3) is 0 Å². The van der Waals surface area contributed by atoms with Crippen LogP contribution < -0.4 is 11.1 Å². The van der Waals surface area contributed by atoms with Crippen LogP contribution in [-0.2, 0) is 4.79 Å². The molecule has 0 bridgehead atoms. The molecule has 2 atom stereocenters. The number of hydrogen-bond donors (Lipinski definition) is 2. The first-order chi connectivity index (χ1) is 7.02. The molecular weight excluding hydrogens is 192 g/mol. The lowest BCUT2D eigenvalue weighted by Gasteiger charge is -2.18. The first-order valence-corrected chi connectivity index (χ1v) is 5.11. The number of hydrogen-bond acceptors (Lipinski definition) is 3. The predicted molar refractivity (Wildman–Crippen MR) is 58.1 cm³/mol. The first kappa shape index (κ1) is 11.8. The molecule has 1 aromatic rings. The fourth-order valence-corrected chi connectivity index (χ4v) is 1.22. The lowest BCUT2D eigenvalue weighted by atomic mass is 10.0. The second-order valence-corrected chi connectivity index (χ2v) is 4.02. The zero-order chi connectivity index (χ0) is 11.4. The molecule has 0 saturated carbocycles. The summed E-state index contributed by atoms with van der Waals surface area (Å²) in [4.78, 5) is 11.6. The third kappa shape index (κ3) is 3.09. The van der Waals surface area contributed by atoms with E-state index >= 15 is 0 Å². The second kappa shape index (κ2) is 4.98. The molecule has 1 rings (SSSR count). The van der Waals surface area contributed by atoms with E-state index in [1.165, 1.54) is 0 Å². The van der Waals surface area contributed by atoms with E-state index in [-0.39, 0.29) is 17.9 Å². The SMILES string of the molecule is CC(C)[C@H](N)C(=O)N[C@H](C)c1ccco1. The third-order valence-corrected chi connectivity index (χ3v) is 2.35. The quantitative estimate of drug-likeness (QED) is 0.790. The van der Waals surface area contributed by atoms with E-state index in [4.69, 9.17) is 10.2 Å². The maximum absolute atomic E-state index is 11.6. The van der Waals surface area contributed by atoms with E-state index in [0.29, 0.717) is 0 Å². The van der Waals surface area contributed by atoms with Gasteiger partial charge in [-0.3, -0.25) is 4.79 Å². The number of carbonyl (C=O) groups is 1. The highest BCUT2D eigenvalue weighted by molar-refractivity contribution is 5.82. The Morgan fingerprint density at radius 2 is 2.13 bits per heavy atom. The van der Waals surface area contributed by atoms with Gasteiger partial charge in [0.25, 0.3) is 0 Å². The topological polar surface area (TPSA) is 68.3 Å². The van der Waals surface area contributed by atoms with Gasteiger partial charge < -0.3 is 15.5 Å². The van der Waals surface area contributed by atoms with Crippen molar-refractivity contribution in [1.29, 1.82) is 0 Å². The zero-order valence-corrected chi connectivity index (χ0v) is 9.36. The van der Waals surface area contributed by atoms with Crippen LogP contribution in [0, 0.1) is 5.92 Å². The zero-order valence-electron chi connectivity index (χ0n) is 9.36. The van der Waals surface area contributed by atoms with Crippen molar-refractivity contribution in [3.8, 4) is 0 Å². The van der Waals surface area contributed by atoms with Crippen molar-refractivity contribution in [2.75, 3.05) is 0 Å². The van der Waals surface area contributed by atoms with Crippen molar-refractivity contribution in [2.45, 2.75) is 32.9 Å². The van der Waals surface area contributed by atoms with E-state index in [9.17, 15) is 4.79 Å². The van der Waals surface area contributed by atoms with Gasteiger partial charge in [0.1, 0.15) is 5.76 Å². The predicted octanol–water partition coefficient (Wildman–Crippen LogP) is 1.44. The standard InChI is InChI=1S/C11H18N2O2/c1-7(2)10(12)11(14)13-8(3)9-5-4-6-15-9/h4-8,10H,12H2,1-3H3,(H,13,14)/t8-,10+/m1/s1. The number of amides is 1. The third-order valence-electron chi connectivity index (χ3n) is 2.35. The maximum Gasteiger partial charge on any atom is 0.237 e. The van der Waals surface area contributed by atoms with Gasteiger partial charge in [-0.15, -0.1) is 0 Å². The molecule has 4 nitrogen and oxygen atoms in total. The maximum atomic E-state index is 11.6. The highest BCUT2D eigenvalue weighted by Crippen LogP contribution is 2.12. The van der Waals surface area contributed by atoms with Gasteiger partial charge in [0.05, 0.1) is 18.3 Å². The number of nitrogens with two attached hydrogens (primary N) is 1. The Kier molecular flexibility index (Phi) is 3.91. The van der Waals surface area contributed by atoms with Crippen molar-refractivity contribution >= 4 is 5.91 Å². The van der Waals surface area contributed by atoms with Crippen molar-refractivity contribution in [3.63, 3.8) is 0 Å². The van der Waals surface area contributed by atoms with Gasteiger partial charge in [-0.1, -0.05) is 13.8 Å². The molecule has 0 aliphatic heterocycles. The van der Waals surface area contributed by atoms with Gasteiger partial charge in [0.15, 0.2) is 0 Å². The van der Waals surface area contributed by atoms with Crippen LogP contribution in [0.1, 0.15) is 32.6 Å². The van der Waals surface area contributed by atoms with Crippen LogP contribution in [-0.4, -0.2) is 11.9 Å². The van der Waals surface area contributed by atoms with Gasteiger partial charge >= 0.3 is 0 Å². The number of rotatable bonds is 4. The lowest BCUT2D eigenvalue weighted by molar-refractivity contribution is -0.124. The molecule has 4 heteroatoms. The summed E-state index contributed by atoms with van der Waals surface area (Å²) in [5, 5.41) is 2.81. The Hall–Kier alpha value is -1.29. The van der Waals surface area contributed by atoms with Gasteiger partial charge in [-0.25, -0.2) is 0 Å². The van der Waals surface area contributed by atoms with E-state index in [0.717, 1.165) is 5.76 Å². The molecule has 0 radical (unpaired) electrons. The van der Waals surface area contributed by atoms with Crippen LogP contribution in [0.15, 0.2) is 22.8 Å². The highest BCUT2D eigenvalue weighted by Gasteiger charge is 2.20. The minimum absolute atomic E-state index is 0.133. The van der Waals surface area contributed by atoms with Crippen LogP contribution in [0.3, 0.4) is 0 Å². The molecule has 0 aliphatic rings. The number of carbonyl (C=O) groups excluding carboxylic acids is 1. The lowest BCUT2D eigenvalue weighted by Crippen LogP contribution is -2.44. The van der Waals surface area contributed by atoms with Gasteiger partial charge in [0, 0.05) is 0 Å². The van der Waals surface area contributed by atoms with Crippen LogP contribution in [0.5, 0.6) is 0 Å². The molecule has 1 amide bonds. The van der Waals surface area contributed by atoms with E-state index in [1.807, 2.05) is 26.8 Å². The molecule has 15 heavy (non-hydrogen) atoms. The van der Waals surface area contributed by atoms with Crippen molar-refractivity contribution in [2.24, 2.45) is 11.7 Å². The summed E-state index contributed by atoms with van der Waals surface area (Å²) in [7, 11) is 0. The molecule has 0 unspecified atom stereocenters. The van der Waals surface area contributed by atoms with E-state index in [2.05, 4.69) is 5.32 Å². The summed E-state index contributed by atoms with van der Waals surface area (Å²) in [6.07, 6.45) is 1.58. The molecule has 1 heterocycles. The molecule has 3 N–H and O–H groups in total.